The number of aliphatic imine (C=N–C) groups is 1. The Bertz CT molecular complexity index is 1110. The molecule has 1 fully saturated rings. The molecule has 4 nitrogen and oxygen atoms in total. The zero-order chi connectivity index (χ0) is 19.7. The van der Waals surface area contributed by atoms with E-state index in [1.54, 1.807) is 11.0 Å². The van der Waals surface area contributed by atoms with Gasteiger partial charge in [-0.1, -0.05) is 36.4 Å². The van der Waals surface area contributed by atoms with E-state index in [4.69, 9.17) is 9.41 Å². The van der Waals surface area contributed by atoms with Crippen molar-refractivity contribution in [3.63, 3.8) is 0 Å². The van der Waals surface area contributed by atoms with Crippen LogP contribution in [-0.2, 0) is 4.79 Å². The number of benzene rings is 2. The summed E-state index contributed by atoms with van der Waals surface area (Å²) < 4.78 is 5.63. The van der Waals surface area contributed by atoms with Gasteiger partial charge < -0.3 is 4.42 Å². The molecule has 3 aromatic rings. The summed E-state index contributed by atoms with van der Waals surface area (Å²) in [5.74, 6) is 1.38. The van der Waals surface area contributed by atoms with Crippen LogP contribution in [-0.4, -0.2) is 11.1 Å². The van der Waals surface area contributed by atoms with Crippen LogP contribution in [0, 0.1) is 20.8 Å². The Kier molecular flexibility index (Phi) is 4.92. The number of hydrogen-bond donors (Lipinski definition) is 0. The van der Waals surface area contributed by atoms with Gasteiger partial charge in [-0.25, -0.2) is 4.99 Å². The SMILES string of the molecule is Cc1ccc(/C=C2\SC(=Nc3ccccc3C)N(c3ccccc3C)C2=O)o1. The van der Waals surface area contributed by atoms with E-state index >= 15 is 0 Å². The molecule has 1 aliphatic rings. The number of nitrogens with zero attached hydrogens (tertiary/aromatic N) is 2. The molecule has 0 bridgehead atoms. The van der Waals surface area contributed by atoms with Crippen LogP contribution >= 0.6 is 11.8 Å². The third kappa shape index (κ3) is 3.53. The van der Waals surface area contributed by atoms with Gasteiger partial charge in [0.15, 0.2) is 5.17 Å². The lowest BCUT2D eigenvalue weighted by Gasteiger charge is -2.18. The Hall–Kier alpha value is -3.05. The molecule has 28 heavy (non-hydrogen) atoms. The highest BCUT2D eigenvalue weighted by Gasteiger charge is 2.35. The average molecular weight is 388 g/mol. The number of carbonyl (C=O) groups is 1. The van der Waals surface area contributed by atoms with E-state index in [1.807, 2.05) is 81.4 Å². The molecule has 2 heterocycles. The van der Waals surface area contributed by atoms with Crippen LogP contribution in [0.15, 0.2) is 75.0 Å². The van der Waals surface area contributed by atoms with E-state index in [1.165, 1.54) is 11.8 Å². The van der Waals surface area contributed by atoms with Crippen LogP contribution in [0.5, 0.6) is 0 Å². The Morgan fingerprint density at radius 3 is 2.32 bits per heavy atom. The molecule has 1 aliphatic heterocycles. The first-order chi connectivity index (χ1) is 13.5. The topological polar surface area (TPSA) is 45.8 Å². The van der Waals surface area contributed by atoms with Crippen molar-refractivity contribution in [3.05, 3.63) is 88.2 Å². The maximum Gasteiger partial charge on any atom is 0.271 e. The fraction of sp³-hybridized carbons (Fsp3) is 0.130. The molecule has 1 amide bonds. The molecule has 0 unspecified atom stereocenters. The Morgan fingerprint density at radius 2 is 1.64 bits per heavy atom. The molecule has 0 radical (unpaired) electrons. The normalized spacial score (nSPS) is 17.1. The predicted molar refractivity (Wildman–Crippen MR) is 116 cm³/mol. The van der Waals surface area contributed by atoms with E-state index in [2.05, 4.69) is 0 Å². The largest absolute Gasteiger partial charge is 0.462 e. The van der Waals surface area contributed by atoms with Gasteiger partial charge in [0, 0.05) is 6.08 Å². The van der Waals surface area contributed by atoms with Crippen LogP contribution in [0.3, 0.4) is 0 Å². The number of carbonyl (C=O) groups excluding carboxylic acids is 1. The number of rotatable bonds is 3. The van der Waals surface area contributed by atoms with E-state index in [9.17, 15) is 4.79 Å². The number of amidine groups is 1. The molecule has 5 heteroatoms. The van der Waals surface area contributed by atoms with Gasteiger partial charge in [0.1, 0.15) is 11.5 Å². The van der Waals surface area contributed by atoms with Gasteiger partial charge in [0.05, 0.1) is 16.3 Å². The van der Waals surface area contributed by atoms with Crippen molar-refractivity contribution in [2.24, 2.45) is 4.99 Å². The Labute approximate surface area is 168 Å². The lowest BCUT2D eigenvalue weighted by atomic mass is 10.2. The van der Waals surface area contributed by atoms with Crippen LogP contribution in [0.1, 0.15) is 22.6 Å². The number of aryl methyl sites for hydroxylation is 3. The highest BCUT2D eigenvalue weighted by atomic mass is 32.2. The standard InChI is InChI=1S/C23H20N2O2S/c1-15-8-4-6-10-19(15)24-23-25(20-11-7-5-9-16(20)2)22(26)21(28-23)14-18-13-12-17(3)27-18/h4-14H,1-3H3/b21-14-,24-23?. The van der Waals surface area contributed by atoms with Crippen molar-refractivity contribution >= 4 is 40.3 Å². The molecular formula is C23H20N2O2S. The molecular weight excluding hydrogens is 368 g/mol. The van der Waals surface area contributed by atoms with Crippen molar-refractivity contribution in [3.8, 4) is 0 Å². The summed E-state index contributed by atoms with van der Waals surface area (Å²) in [7, 11) is 0. The van der Waals surface area contributed by atoms with Crippen molar-refractivity contribution in [2.75, 3.05) is 4.90 Å². The molecule has 0 N–H and O–H groups in total. The predicted octanol–water partition coefficient (Wildman–Crippen LogP) is 6.01. The summed E-state index contributed by atoms with van der Waals surface area (Å²) >= 11 is 1.37. The summed E-state index contributed by atoms with van der Waals surface area (Å²) in [5, 5.41) is 0.642. The quantitative estimate of drug-likeness (QED) is 0.516. The number of amides is 1. The summed E-state index contributed by atoms with van der Waals surface area (Å²) in [4.78, 5) is 20.4. The third-order valence-corrected chi connectivity index (χ3v) is 5.50. The summed E-state index contributed by atoms with van der Waals surface area (Å²) in [6.07, 6.45) is 1.78. The highest BCUT2D eigenvalue weighted by Crippen LogP contribution is 2.38. The first kappa shape index (κ1) is 18.3. The van der Waals surface area contributed by atoms with E-state index in [0.717, 1.165) is 28.3 Å². The van der Waals surface area contributed by atoms with Crippen molar-refractivity contribution in [1.82, 2.24) is 0 Å². The second-order valence-corrected chi connectivity index (χ2v) is 7.68. The molecule has 1 aromatic heterocycles. The third-order valence-electron chi connectivity index (χ3n) is 4.53. The molecule has 0 spiro atoms. The van der Waals surface area contributed by atoms with E-state index in [0.29, 0.717) is 15.8 Å². The number of thioether (sulfide) groups is 1. The second-order valence-electron chi connectivity index (χ2n) is 6.67. The van der Waals surface area contributed by atoms with Gasteiger partial charge in [0.2, 0.25) is 0 Å². The number of anilines is 1. The molecule has 4 rings (SSSR count). The summed E-state index contributed by atoms with van der Waals surface area (Å²) in [6.45, 7) is 5.90. The fourth-order valence-corrected chi connectivity index (χ4v) is 3.99. The van der Waals surface area contributed by atoms with Crippen LogP contribution in [0.2, 0.25) is 0 Å². The van der Waals surface area contributed by atoms with Crippen molar-refractivity contribution in [1.29, 1.82) is 0 Å². The summed E-state index contributed by atoms with van der Waals surface area (Å²) in [5.41, 5.74) is 3.77. The smallest absolute Gasteiger partial charge is 0.271 e. The van der Waals surface area contributed by atoms with Gasteiger partial charge in [-0.3, -0.25) is 9.69 Å². The maximum absolute atomic E-state index is 13.3. The summed E-state index contributed by atoms with van der Waals surface area (Å²) in [6, 6.07) is 19.5. The van der Waals surface area contributed by atoms with Crippen molar-refractivity contribution in [2.45, 2.75) is 20.8 Å². The zero-order valence-corrected chi connectivity index (χ0v) is 16.8. The Balaban J connectivity index is 1.82. The maximum atomic E-state index is 13.3. The van der Waals surface area contributed by atoms with Gasteiger partial charge in [-0.05, 0) is 67.9 Å². The van der Waals surface area contributed by atoms with Gasteiger partial charge in [0.25, 0.3) is 5.91 Å². The van der Waals surface area contributed by atoms with Crippen LogP contribution in [0.25, 0.3) is 6.08 Å². The molecule has 0 aliphatic carbocycles. The minimum atomic E-state index is -0.0966. The molecule has 0 atom stereocenters. The average Bonchev–Trinajstić information content (AvgIpc) is 3.21. The van der Waals surface area contributed by atoms with Gasteiger partial charge >= 0.3 is 0 Å². The number of hydrogen-bond acceptors (Lipinski definition) is 4. The highest BCUT2D eigenvalue weighted by molar-refractivity contribution is 8.19. The molecule has 140 valence electrons. The van der Waals surface area contributed by atoms with Gasteiger partial charge in [-0.2, -0.15) is 0 Å². The van der Waals surface area contributed by atoms with Crippen LogP contribution < -0.4 is 4.90 Å². The Morgan fingerprint density at radius 1 is 0.929 bits per heavy atom. The molecule has 2 aromatic carbocycles. The first-order valence-corrected chi connectivity index (χ1v) is 9.85. The minimum Gasteiger partial charge on any atom is -0.462 e. The lowest BCUT2D eigenvalue weighted by molar-refractivity contribution is -0.113. The number of para-hydroxylation sites is 2. The molecule has 0 saturated carbocycles. The van der Waals surface area contributed by atoms with Crippen LogP contribution in [0.4, 0.5) is 11.4 Å². The fourth-order valence-electron chi connectivity index (χ4n) is 3.03. The van der Waals surface area contributed by atoms with E-state index < -0.39 is 0 Å². The minimum absolute atomic E-state index is 0.0966. The number of furan rings is 1. The monoisotopic (exact) mass is 388 g/mol. The molecule has 1 saturated heterocycles. The first-order valence-electron chi connectivity index (χ1n) is 9.03. The zero-order valence-electron chi connectivity index (χ0n) is 16.0. The van der Waals surface area contributed by atoms with Crippen molar-refractivity contribution < 1.29 is 9.21 Å². The lowest BCUT2D eigenvalue weighted by Crippen LogP contribution is -2.29. The second kappa shape index (κ2) is 7.52. The van der Waals surface area contributed by atoms with Gasteiger partial charge in [-0.15, -0.1) is 0 Å². The van der Waals surface area contributed by atoms with E-state index in [-0.39, 0.29) is 5.91 Å².